The number of aliphatic carboxylic acids is 1. The van der Waals surface area contributed by atoms with Crippen molar-refractivity contribution in [3.05, 3.63) is 33.8 Å². The van der Waals surface area contributed by atoms with Crippen LogP contribution in [0.5, 0.6) is 0 Å². The molecule has 1 unspecified atom stereocenters. The number of carbonyl (C=O) groups is 1. The van der Waals surface area contributed by atoms with E-state index in [1.54, 1.807) is 18.2 Å². The number of carboxylic acid groups (broad SMARTS) is 1. The number of piperidine rings is 1. The van der Waals surface area contributed by atoms with Gasteiger partial charge in [0, 0.05) is 28.7 Å². The van der Waals surface area contributed by atoms with Crippen LogP contribution in [0, 0.1) is 5.92 Å². The van der Waals surface area contributed by atoms with Crippen LogP contribution in [0.3, 0.4) is 0 Å². The lowest BCUT2D eigenvalue weighted by atomic mass is 10.0. The van der Waals surface area contributed by atoms with E-state index in [2.05, 4.69) is 0 Å². The number of sulfonamides is 1. The van der Waals surface area contributed by atoms with E-state index in [1.807, 2.05) is 0 Å². The monoisotopic (exact) mass is 351 g/mol. The molecule has 8 heteroatoms. The number of hydrogen-bond donors (Lipinski definition) is 1. The highest BCUT2D eigenvalue weighted by atomic mass is 35.5. The Hall–Kier alpha value is -0.820. The largest absolute Gasteiger partial charge is 0.481 e. The maximum atomic E-state index is 12.4. The van der Waals surface area contributed by atoms with Crippen LogP contribution in [-0.4, -0.2) is 36.9 Å². The van der Waals surface area contributed by atoms with Gasteiger partial charge in [-0.1, -0.05) is 29.3 Å². The van der Waals surface area contributed by atoms with Gasteiger partial charge in [0.25, 0.3) is 0 Å². The molecule has 1 aromatic rings. The second-order valence-electron chi connectivity index (χ2n) is 4.99. The zero-order chi connectivity index (χ0) is 15.6. The van der Waals surface area contributed by atoms with E-state index in [0.717, 1.165) is 0 Å². The number of nitrogens with zero attached hydrogens (tertiary/aromatic N) is 1. The molecule has 1 saturated heterocycles. The molecule has 0 radical (unpaired) electrons. The number of halogens is 2. The molecule has 0 saturated carbocycles. The van der Waals surface area contributed by atoms with Crippen LogP contribution < -0.4 is 0 Å². The third kappa shape index (κ3) is 3.88. The Morgan fingerprint density at radius 2 is 1.95 bits per heavy atom. The summed E-state index contributed by atoms with van der Waals surface area (Å²) < 4.78 is 26.1. The minimum absolute atomic E-state index is 0.000260. The lowest BCUT2D eigenvalue weighted by Gasteiger charge is -2.30. The van der Waals surface area contributed by atoms with Crippen molar-refractivity contribution >= 4 is 39.2 Å². The molecule has 21 heavy (non-hydrogen) atoms. The van der Waals surface area contributed by atoms with Gasteiger partial charge in [-0.2, -0.15) is 0 Å². The summed E-state index contributed by atoms with van der Waals surface area (Å²) in [5.41, 5.74) is 0.346. The molecule has 2 rings (SSSR count). The molecular weight excluding hydrogens is 337 g/mol. The van der Waals surface area contributed by atoms with E-state index in [1.165, 1.54) is 4.31 Å². The normalized spacial score (nSPS) is 20.4. The van der Waals surface area contributed by atoms with E-state index in [9.17, 15) is 13.2 Å². The van der Waals surface area contributed by atoms with Crippen molar-refractivity contribution < 1.29 is 18.3 Å². The van der Waals surface area contributed by atoms with Crippen molar-refractivity contribution in [3.8, 4) is 0 Å². The lowest BCUT2D eigenvalue weighted by molar-refractivity contribution is -0.142. The van der Waals surface area contributed by atoms with Crippen LogP contribution in [0.4, 0.5) is 0 Å². The lowest BCUT2D eigenvalue weighted by Crippen LogP contribution is -2.42. The van der Waals surface area contributed by atoms with Gasteiger partial charge in [-0.05, 0) is 25.0 Å². The van der Waals surface area contributed by atoms with Crippen molar-refractivity contribution in [1.29, 1.82) is 0 Å². The number of benzene rings is 1. The zero-order valence-electron chi connectivity index (χ0n) is 11.1. The third-order valence-corrected chi connectivity index (χ3v) is 6.00. The predicted molar refractivity (Wildman–Crippen MR) is 81.0 cm³/mol. The van der Waals surface area contributed by atoms with Gasteiger partial charge in [0.05, 0.1) is 11.7 Å². The van der Waals surface area contributed by atoms with Gasteiger partial charge in [-0.15, -0.1) is 0 Å². The van der Waals surface area contributed by atoms with Gasteiger partial charge in [-0.3, -0.25) is 4.79 Å². The molecule has 0 aromatic heterocycles. The first-order valence-electron chi connectivity index (χ1n) is 6.45. The number of hydrogen-bond acceptors (Lipinski definition) is 3. The molecule has 0 bridgehead atoms. The minimum atomic E-state index is -3.65. The van der Waals surface area contributed by atoms with Crippen molar-refractivity contribution in [2.45, 2.75) is 18.6 Å². The maximum absolute atomic E-state index is 12.4. The maximum Gasteiger partial charge on any atom is 0.307 e. The summed E-state index contributed by atoms with van der Waals surface area (Å²) in [4.78, 5) is 11.0. The van der Waals surface area contributed by atoms with Gasteiger partial charge in [-0.25, -0.2) is 12.7 Å². The van der Waals surface area contributed by atoms with Crippen LogP contribution in [0.25, 0.3) is 0 Å². The molecule has 0 aliphatic carbocycles. The fourth-order valence-corrected chi connectivity index (χ4v) is 4.70. The summed E-state index contributed by atoms with van der Waals surface area (Å²) >= 11 is 12.0. The van der Waals surface area contributed by atoms with Crippen LogP contribution in [0.2, 0.25) is 10.0 Å². The Labute approximate surface area is 133 Å². The summed E-state index contributed by atoms with van der Waals surface area (Å²) in [6.45, 7) is 0.327. The van der Waals surface area contributed by atoms with E-state index < -0.39 is 21.9 Å². The first kappa shape index (κ1) is 16.5. The summed E-state index contributed by atoms with van der Waals surface area (Å²) in [5.74, 6) is -1.95. The molecule has 0 amide bonds. The van der Waals surface area contributed by atoms with Crippen LogP contribution in [0.1, 0.15) is 18.4 Å². The van der Waals surface area contributed by atoms with Crippen molar-refractivity contribution in [1.82, 2.24) is 4.31 Å². The molecule has 1 atom stereocenters. The molecule has 1 fully saturated rings. The Balaban J connectivity index is 2.20. The Bertz CT molecular complexity index is 627. The van der Waals surface area contributed by atoms with Crippen LogP contribution in [-0.2, 0) is 20.6 Å². The summed E-state index contributed by atoms with van der Waals surface area (Å²) in [6, 6.07) is 4.80. The van der Waals surface area contributed by atoms with Gasteiger partial charge >= 0.3 is 5.97 Å². The summed E-state index contributed by atoms with van der Waals surface area (Å²) in [7, 11) is -3.65. The predicted octanol–water partition coefficient (Wildman–Crippen LogP) is 2.62. The first-order chi connectivity index (χ1) is 9.81. The van der Waals surface area contributed by atoms with Gasteiger partial charge in [0.15, 0.2) is 0 Å². The molecule has 1 aromatic carbocycles. The summed E-state index contributed by atoms with van der Waals surface area (Å²) in [5, 5.41) is 9.62. The highest BCUT2D eigenvalue weighted by Crippen LogP contribution is 2.28. The molecular formula is C13H15Cl2NO4S. The third-order valence-electron chi connectivity index (χ3n) is 3.52. The molecule has 116 valence electrons. The van der Waals surface area contributed by atoms with Crippen LogP contribution in [0.15, 0.2) is 18.2 Å². The fraction of sp³-hybridized carbons (Fsp3) is 0.462. The highest BCUT2D eigenvalue weighted by molar-refractivity contribution is 7.88. The second-order valence-corrected chi connectivity index (χ2v) is 7.78. The average molecular weight is 352 g/mol. The Morgan fingerprint density at radius 1 is 1.33 bits per heavy atom. The first-order valence-corrected chi connectivity index (χ1v) is 8.81. The number of rotatable bonds is 4. The fourth-order valence-electron chi connectivity index (χ4n) is 2.34. The summed E-state index contributed by atoms with van der Waals surface area (Å²) in [6.07, 6.45) is 1.03. The van der Waals surface area contributed by atoms with Crippen LogP contribution >= 0.6 is 23.2 Å². The molecule has 1 N–H and O–H groups in total. The standard InChI is InChI=1S/C13H15Cl2NO4S/c14-11-4-1-5-12(15)10(11)8-21(19,20)16-6-2-3-9(7-16)13(17)18/h1,4-5,9H,2-3,6-8H2,(H,17,18). The zero-order valence-corrected chi connectivity index (χ0v) is 13.5. The van der Waals surface area contributed by atoms with Crippen molar-refractivity contribution in [2.24, 2.45) is 5.92 Å². The Morgan fingerprint density at radius 3 is 2.52 bits per heavy atom. The highest BCUT2D eigenvalue weighted by Gasteiger charge is 2.32. The molecule has 1 heterocycles. The molecule has 1 aliphatic heterocycles. The van der Waals surface area contributed by atoms with Crippen molar-refractivity contribution in [3.63, 3.8) is 0 Å². The number of carboxylic acids is 1. The minimum Gasteiger partial charge on any atom is -0.481 e. The quantitative estimate of drug-likeness (QED) is 0.904. The molecule has 0 spiro atoms. The van der Waals surface area contributed by atoms with Gasteiger partial charge < -0.3 is 5.11 Å². The van der Waals surface area contributed by atoms with E-state index in [0.29, 0.717) is 24.9 Å². The Kier molecular flexibility index (Phi) is 5.14. The van der Waals surface area contributed by atoms with Crippen molar-refractivity contribution in [2.75, 3.05) is 13.1 Å². The van der Waals surface area contributed by atoms with E-state index in [4.69, 9.17) is 28.3 Å². The second kappa shape index (κ2) is 6.52. The average Bonchev–Trinajstić information content (AvgIpc) is 2.43. The SMILES string of the molecule is O=C(O)C1CCCN(S(=O)(=O)Cc2c(Cl)cccc2Cl)C1. The molecule has 1 aliphatic rings. The molecule has 5 nitrogen and oxygen atoms in total. The topological polar surface area (TPSA) is 74.7 Å². The van der Waals surface area contributed by atoms with Gasteiger partial charge in [0.2, 0.25) is 10.0 Å². The van der Waals surface area contributed by atoms with Gasteiger partial charge in [0.1, 0.15) is 0 Å². The van der Waals surface area contributed by atoms with E-state index >= 15 is 0 Å². The van der Waals surface area contributed by atoms with E-state index in [-0.39, 0.29) is 22.3 Å². The smallest absolute Gasteiger partial charge is 0.307 e.